The van der Waals surface area contributed by atoms with Gasteiger partial charge in [0.25, 0.3) is 0 Å². The van der Waals surface area contributed by atoms with Crippen LogP contribution in [0.1, 0.15) is 24.2 Å². The molecule has 2 rings (SSSR count). The highest BCUT2D eigenvalue weighted by Gasteiger charge is 2.16. The van der Waals surface area contributed by atoms with Gasteiger partial charge in [-0.05, 0) is 19.9 Å². The average molecular weight is 291 g/mol. The predicted molar refractivity (Wildman–Crippen MR) is 78.3 cm³/mol. The number of aromatic nitrogens is 2. The predicted octanol–water partition coefficient (Wildman–Crippen LogP) is 3.11. The first-order chi connectivity index (χ1) is 10.0. The molecule has 112 valence electrons. The third-order valence-corrected chi connectivity index (χ3v) is 3.09. The Bertz CT molecular complexity index is 634. The summed E-state index contributed by atoms with van der Waals surface area (Å²) in [6, 6.07) is 2.64. The fourth-order valence-corrected chi connectivity index (χ4v) is 2.03. The molecule has 0 aliphatic heterocycles. The average Bonchev–Trinajstić information content (AvgIpc) is 2.46. The van der Waals surface area contributed by atoms with E-state index < -0.39 is 0 Å². The van der Waals surface area contributed by atoms with Crippen LogP contribution in [0.15, 0.2) is 24.5 Å². The van der Waals surface area contributed by atoms with Crippen LogP contribution in [-0.4, -0.2) is 24.2 Å². The molecule has 1 N–H and O–H groups in total. The van der Waals surface area contributed by atoms with Crippen molar-refractivity contribution in [2.24, 2.45) is 0 Å². The smallest absolute Gasteiger partial charge is 0.163 e. The fraction of sp³-hybridized carbons (Fsp3) is 0.333. The molecule has 1 aromatic heterocycles. The topological polar surface area (TPSA) is 56.3 Å². The van der Waals surface area contributed by atoms with E-state index in [-0.39, 0.29) is 11.9 Å². The van der Waals surface area contributed by atoms with Gasteiger partial charge >= 0.3 is 0 Å². The van der Waals surface area contributed by atoms with Gasteiger partial charge in [0.05, 0.1) is 32.2 Å². The molecule has 1 heterocycles. The van der Waals surface area contributed by atoms with Crippen molar-refractivity contribution in [1.82, 2.24) is 9.97 Å². The summed E-state index contributed by atoms with van der Waals surface area (Å²) in [5, 5.41) is 3.12. The normalized spacial score (nSPS) is 11.9. The SMILES string of the molecule is COc1cc(F)c(C(C)Nc2cncc(C)n2)cc1OC. The quantitative estimate of drug-likeness (QED) is 0.917. The summed E-state index contributed by atoms with van der Waals surface area (Å²) in [5.74, 6) is 1.07. The lowest BCUT2D eigenvalue weighted by atomic mass is 10.1. The molecule has 1 unspecified atom stereocenters. The largest absolute Gasteiger partial charge is 0.493 e. The Labute approximate surface area is 123 Å². The van der Waals surface area contributed by atoms with Crippen LogP contribution < -0.4 is 14.8 Å². The number of hydrogen-bond donors (Lipinski definition) is 1. The highest BCUT2D eigenvalue weighted by atomic mass is 19.1. The van der Waals surface area contributed by atoms with E-state index in [0.717, 1.165) is 5.69 Å². The molecule has 0 radical (unpaired) electrons. The van der Waals surface area contributed by atoms with Gasteiger partial charge in [-0.15, -0.1) is 0 Å². The minimum atomic E-state index is -0.367. The monoisotopic (exact) mass is 291 g/mol. The second-order valence-corrected chi connectivity index (χ2v) is 4.64. The maximum Gasteiger partial charge on any atom is 0.163 e. The van der Waals surface area contributed by atoms with Gasteiger partial charge in [0.1, 0.15) is 11.6 Å². The number of nitrogens with one attached hydrogen (secondary N) is 1. The molecule has 0 amide bonds. The summed E-state index contributed by atoms with van der Waals surface area (Å²) in [7, 11) is 2.99. The van der Waals surface area contributed by atoms with Crippen molar-refractivity contribution >= 4 is 5.82 Å². The lowest BCUT2D eigenvalue weighted by molar-refractivity contribution is 0.351. The fourth-order valence-electron chi connectivity index (χ4n) is 2.03. The minimum Gasteiger partial charge on any atom is -0.493 e. The van der Waals surface area contributed by atoms with Crippen molar-refractivity contribution in [3.8, 4) is 11.5 Å². The lowest BCUT2D eigenvalue weighted by Crippen LogP contribution is -2.11. The summed E-state index contributed by atoms with van der Waals surface area (Å²) in [5.41, 5.74) is 1.26. The molecule has 1 aromatic carbocycles. The number of methoxy groups -OCH3 is 2. The van der Waals surface area contributed by atoms with E-state index in [1.54, 1.807) is 18.5 Å². The molecule has 0 aliphatic carbocycles. The molecule has 2 aromatic rings. The van der Waals surface area contributed by atoms with E-state index in [2.05, 4.69) is 15.3 Å². The number of nitrogens with zero attached hydrogens (tertiary/aromatic N) is 2. The minimum absolute atomic E-state index is 0.291. The third kappa shape index (κ3) is 3.39. The van der Waals surface area contributed by atoms with Gasteiger partial charge in [-0.25, -0.2) is 9.37 Å². The van der Waals surface area contributed by atoms with Crippen LogP contribution in [0.25, 0.3) is 0 Å². The van der Waals surface area contributed by atoms with E-state index in [9.17, 15) is 4.39 Å². The van der Waals surface area contributed by atoms with Crippen LogP contribution >= 0.6 is 0 Å². The van der Waals surface area contributed by atoms with Gasteiger partial charge in [0.15, 0.2) is 11.5 Å². The molecule has 0 saturated carbocycles. The number of hydrogen-bond acceptors (Lipinski definition) is 5. The first kappa shape index (κ1) is 15.0. The van der Waals surface area contributed by atoms with Gasteiger partial charge in [-0.3, -0.25) is 4.98 Å². The van der Waals surface area contributed by atoms with Gasteiger partial charge in [0.2, 0.25) is 0 Å². The molecule has 0 aliphatic rings. The van der Waals surface area contributed by atoms with Gasteiger partial charge in [-0.2, -0.15) is 0 Å². The first-order valence-electron chi connectivity index (χ1n) is 6.51. The molecule has 0 bridgehead atoms. The van der Waals surface area contributed by atoms with E-state index in [1.165, 1.54) is 20.3 Å². The highest BCUT2D eigenvalue weighted by Crippen LogP contribution is 2.33. The van der Waals surface area contributed by atoms with Crippen LogP contribution in [0, 0.1) is 12.7 Å². The second kappa shape index (κ2) is 6.39. The first-order valence-corrected chi connectivity index (χ1v) is 6.51. The Morgan fingerprint density at radius 2 is 1.81 bits per heavy atom. The van der Waals surface area contributed by atoms with Crippen molar-refractivity contribution in [2.45, 2.75) is 19.9 Å². The lowest BCUT2D eigenvalue weighted by Gasteiger charge is -2.18. The van der Waals surface area contributed by atoms with Crippen molar-refractivity contribution in [1.29, 1.82) is 0 Å². The molecule has 6 heteroatoms. The maximum absolute atomic E-state index is 14.2. The number of rotatable bonds is 5. The van der Waals surface area contributed by atoms with E-state index >= 15 is 0 Å². The van der Waals surface area contributed by atoms with Crippen LogP contribution in [0.5, 0.6) is 11.5 Å². The number of anilines is 1. The summed E-state index contributed by atoms with van der Waals surface area (Å²) in [4.78, 5) is 8.34. The van der Waals surface area contributed by atoms with Crippen LogP contribution in [-0.2, 0) is 0 Å². The number of aryl methyl sites for hydroxylation is 1. The molecular weight excluding hydrogens is 273 g/mol. The molecule has 0 saturated heterocycles. The van der Waals surface area contributed by atoms with Crippen molar-refractivity contribution in [3.63, 3.8) is 0 Å². The van der Waals surface area contributed by atoms with Crippen LogP contribution in [0.4, 0.5) is 10.2 Å². The van der Waals surface area contributed by atoms with Crippen molar-refractivity contribution in [2.75, 3.05) is 19.5 Å². The zero-order valence-corrected chi connectivity index (χ0v) is 12.5. The van der Waals surface area contributed by atoms with Gasteiger partial charge < -0.3 is 14.8 Å². The number of ether oxygens (including phenoxy) is 2. The molecular formula is C15H18FN3O2. The Morgan fingerprint density at radius 3 is 2.43 bits per heavy atom. The van der Waals surface area contributed by atoms with Gasteiger partial charge in [-0.1, -0.05) is 0 Å². The maximum atomic E-state index is 14.2. The Morgan fingerprint density at radius 1 is 1.14 bits per heavy atom. The zero-order chi connectivity index (χ0) is 15.4. The summed E-state index contributed by atoms with van der Waals surface area (Å²) in [6.45, 7) is 3.69. The third-order valence-electron chi connectivity index (χ3n) is 3.09. The van der Waals surface area contributed by atoms with Gasteiger partial charge in [0, 0.05) is 17.8 Å². The summed E-state index contributed by atoms with van der Waals surface area (Å²) in [6.07, 6.45) is 3.26. The highest BCUT2D eigenvalue weighted by molar-refractivity contribution is 5.46. The van der Waals surface area contributed by atoms with Crippen molar-refractivity contribution < 1.29 is 13.9 Å². The summed E-state index contributed by atoms with van der Waals surface area (Å²) >= 11 is 0. The van der Waals surface area contributed by atoms with Crippen LogP contribution in [0.3, 0.4) is 0 Å². The molecule has 0 spiro atoms. The molecule has 1 atom stereocenters. The number of benzene rings is 1. The summed E-state index contributed by atoms with van der Waals surface area (Å²) < 4.78 is 24.5. The van der Waals surface area contributed by atoms with Crippen molar-refractivity contribution in [3.05, 3.63) is 41.6 Å². The number of halogens is 1. The Hall–Kier alpha value is -2.37. The Balaban J connectivity index is 2.28. The molecule has 0 fully saturated rings. The Kier molecular flexibility index (Phi) is 4.57. The van der Waals surface area contributed by atoms with E-state index in [0.29, 0.717) is 22.9 Å². The standard InChI is InChI=1S/C15H18FN3O2/c1-9-7-17-8-15(18-9)19-10(2)11-5-13(20-3)14(21-4)6-12(11)16/h5-8,10H,1-4H3,(H,18,19). The second-order valence-electron chi connectivity index (χ2n) is 4.64. The van der Waals surface area contributed by atoms with E-state index in [4.69, 9.17) is 9.47 Å². The zero-order valence-electron chi connectivity index (χ0n) is 12.5. The van der Waals surface area contributed by atoms with E-state index in [1.807, 2.05) is 13.8 Å². The molecule has 5 nitrogen and oxygen atoms in total. The van der Waals surface area contributed by atoms with Crippen LogP contribution in [0.2, 0.25) is 0 Å². The molecule has 21 heavy (non-hydrogen) atoms.